The molecule has 148 valence electrons. The Kier molecular flexibility index (Phi) is 4.31. The molecular formula is C25H17F3N2. The SMILES string of the molecule is FC(F)(F)c1cccc(-c2nc3ccccc3n2Cc2ccc3ccccc3c2)c1. The van der Waals surface area contributed by atoms with Gasteiger partial charge in [0.05, 0.1) is 16.6 Å². The van der Waals surface area contributed by atoms with E-state index in [9.17, 15) is 13.2 Å². The summed E-state index contributed by atoms with van der Waals surface area (Å²) in [5, 5.41) is 2.27. The maximum absolute atomic E-state index is 13.3. The molecule has 0 unspecified atom stereocenters. The van der Waals surface area contributed by atoms with Crippen LogP contribution in [0.25, 0.3) is 33.2 Å². The highest BCUT2D eigenvalue weighted by Gasteiger charge is 2.30. The van der Waals surface area contributed by atoms with Gasteiger partial charge >= 0.3 is 6.18 Å². The van der Waals surface area contributed by atoms with Gasteiger partial charge in [-0.25, -0.2) is 4.98 Å². The van der Waals surface area contributed by atoms with Crippen LogP contribution in [-0.2, 0) is 12.7 Å². The maximum atomic E-state index is 13.3. The van der Waals surface area contributed by atoms with Crippen molar-refractivity contribution in [1.82, 2.24) is 9.55 Å². The van der Waals surface area contributed by atoms with E-state index in [1.807, 2.05) is 47.0 Å². The molecule has 0 aliphatic rings. The predicted molar refractivity (Wildman–Crippen MR) is 113 cm³/mol. The van der Waals surface area contributed by atoms with Crippen molar-refractivity contribution in [2.75, 3.05) is 0 Å². The molecule has 5 rings (SSSR count). The fourth-order valence-corrected chi connectivity index (χ4v) is 3.81. The molecule has 30 heavy (non-hydrogen) atoms. The third-order valence-electron chi connectivity index (χ3n) is 5.26. The van der Waals surface area contributed by atoms with Gasteiger partial charge in [-0.05, 0) is 46.7 Å². The van der Waals surface area contributed by atoms with Crippen LogP contribution in [0.5, 0.6) is 0 Å². The zero-order valence-electron chi connectivity index (χ0n) is 15.9. The summed E-state index contributed by atoms with van der Waals surface area (Å²) in [7, 11) is 0. The second-order valence-electron chi connectivity index (χ2n) is 7.27. The van der Waals surface area contributed by atoms with E-state index in [1.165, 1.54) is 6.07 Å². The van der Waals surface area contributed by atoms with E-state index in [2.05, 4.69) is 29.2 Å². The lowest BCUT2D eigenvalue weighted by atomic mass is 10.1. The fourth-order valence-electron chi connectivity index (χ4n) is 3.81. The van der Waals surface area contributed by atoms with Crippen LogP contribution in [-0.4, -0.2) is 9.55 Å². The van der Waals surface area contributed by atoms with Gasteiger partial charge in [-0.2, -0.15) is 13.2 Å². The molecular weight excluding hydrogens is 385 g/mol. The van der Waals surface area contributed by atoms with E-state index >= 15 is 0 Å². The average molecular weight is 402 g/mol. The molecule has 5 heteroatoms. The van der Waals surface area contributed by atoms with E-state index in [0.717, 1.165) is 39.5 Å². The highest BCUT2D eigenvalue weighted by atomic mass is 19.4. The summed E-state index contributed by atoms with van der Waals surface area (Å²) in [4.78, 5) is 4.66. The van der Waals surface area contributed by atoms with Crippen LogP contribution in [0, 0.1) is 0 Å². The number of hydrogen-bond acceptors (Lipinski definition) is 1. The van der Waals surface area contributed by atoms with E-state index in [1.54, 1.807) is 6.07 Å². The molecule has 0 aliphatic carbocycles. The Morgan fingerprint density at radius 3 is 2.33 bits per heavy atom. The number of rotatable bonds is 3. The Labute approximate surface area is 171 Å². The summed E-state index contributed by atoms with van der Waals surface area (Å²) in [6, 6.07) is 27.3. The first kappa shape index (κ1) is 18.4. The second-order valence-corrected chi connectivity index (χ2v) is 7.27. The molecule has 0 atom stereocenters. The highest BCUT2D eigenvalue weighted by Crippen LogP contribution is 2.33. The summed E-state index contributed by atoms with van der Waals surface area (Å²) in [5.41, 5.74) is 2.47. The number of aromatic nitrogens is 2. The van der Waals surface area contributed by atoms with Crippen molar-refractivity contribution in [3.8, 4) is 11.4 Å². The van der Waals surface area contributed by atoms with Gasteiger partial charge in [0, 0.05) is 12.1 Å². The molecule has 0 saturated carbocycles. The van der Waals surface area contributed by atoms with Gasteiger partial charge < -0.3 is 4.57 Å². The molecule has 1 aromatic heterocycles. The number of alkyl halides is 3. The summed E-state index contributed by atoms with van der Waals surface area (Å²) >= 11 is 0. The summed E-state index contributed by atoms with van der Waals surface area (Å²) in [5.74, 6) is 0.524. The molecule has 4 aromatic carbocycles. The van der Waals surface area contributed by atoms with Crippen molar-refractivity contribution in [2.24, 2.45) is 0 Å². The monoisotopic (exact) mass is 402 g/mol. The predicted octanol–water partition coefficient (Wildman–Crippen LogP) is 6.92. The molecule has 0 amide bonds. The van der Waals surface area contributed by atoms with Crippen molar-refractivity contribution in [1.29, 1.82) is 0 Å². The minimum absolute atomic E-state index is 0.446. The van der Waals surface area contributed by atoms with Crippen molar-refractivity contribution >= 4 is 21.8 Å². The van der Waals surface area contributed by atoms with Crippen LogP contribution in [0.1, 0.15) is 11.1 Å². The second kappa shape index (κ2) is 7.02. The maximum Gasteiger partial charge on any atom is 0.416 e. The van der Waals surface area contributed by atoms with Gasteiger partial charge in [-0.1, -0.05) is 60.7 Å². The minimum Gasteiger partial charge on any atom is -0.319 e. The van der Waals surface area contributed by atoms with Crippen molar-refractivity contribution in [3.63, 3.8) is 0 Å². The number of fused-ring (bicyclic) bond motifs is 2. The minimum atomic E-state index is -4.40. The average Bonchev–Trinajstić information content (AvgIpc) is 3.12. The van der Waals surface area contributed by atoms with E-state index < -0.39 is 11.7 Å². The third-order valence-corrected chi connectivity index (χ3v) is 5.26. The third kappa shape index (κ3) is 3.32. The lowest BCUT2D eigenvalue weighted by molar-refractivity contribution is -0.137. The number of benzene rings is 4. The Hall–Kier alpha value is -3.60. The van der Waals surface area contributed by atoms with Crippen LogP contribution in [0.3, 0.4) is 0 Å². The summed E-state index contributed by atoms with van der Waals surface area (Å²) in [6.45, 7) is 0.511. The van der Waals surface area contributed by atoms with Crippen LogP contribution >= 0.6 is 0 Å². The molecule has 1 heterocycles. The molecule has 0 fully saturated rings. The van der Waals surface area contributed by atoms with Crippen LogP contribution < -0.4 is 0 Å². The van der Waals surface area contributed by atoms with Crippen LogP contribution in [0.4, 0.5) is 13.2 Å². The largest absolute Gasteiger partial charge is 0.416 e. The molecule has 0 bridgehead atoms. The molecule has 2 nitrogen and oxygen atoms in total. The Balaban J connectivity index is 1.66. The van der Waals surface area contributed by atoms with Gasteiger partial charge in [0.15, 0.2) is 0 Å². The van der Waals surface area contributed by atoms with E-state index in [4.69, 9.17) is 0 Å². The van der Waals surface area contributed by atoms with E-state index in [-0.39, 0.29) is 0 Å². The van der Waals surface area contributed by atoms with Crippen LogP contribution in [0.15, 0.2) is 91.0 Å². The Morgan fingerprint density at radius 1 is 0.733 bits per heavy atom. The zero-order chi connectivity index (χ0) is 20.7. The first-order valence-corrected chi connectivity index (χ1v) is 9.60. The molecule has 0 radical (unpaired) electrons. The zero-order valence-corrected chi connectivity index (χ0v) is 15.9. The van der Waals surface area contributed by atoms with Gasteiger partial charge in [-0.15, -0.1) is 0 Å². The standard InChI is InChI=1S/C25H17F3N2/c26-25(27,28)21-9-5-8-20(15-21)24-29-22-10-3-4-11-23(22)30(24)16-17-12-13-18-6-1-2-7-19(18)14-17/h1-15H,16H2. The molecule has 0 saturated heterocycles. The van der Waals surface area contributed by atoms with Gasteiger partial charge in [0.25, 0.3) is 0 Å². The number of nitrogens with zero attached hydrogens (tertiary/aromatic N) is 2. The molecule has 0 N–H and O–H groups in total. The first-order chi connectivity index (χ1) is 14.5. The number of para-hydroxylation sites is 2. The lowest BCUT2D eigenvalue weighted by Crippen LogP contribution is -2.06. The van der Waals surface area contributed by atoms with E-state index in [0.29, 0.717) is 17.9 Å². The highest BCUT2D eigenvalue weighted by molar-refractivity contribution is 5.84. The molecule has 0 spiro atoms. The fraction of sp³-hybridized carbons (Fsp3) is 0.0800. The quantitative estimate of drug-likeness (QED) is 0.320. The normalized spacial score (nSPS) is 12.0. The Bertz CT molecular complexity index is 1370. The van der Waals surface area contributed by atoms with Crippen LogP contribution in [0.2, 0.25) is 0 Å². The molecule has 5 aromatic rings. The number of hydrogen-bond donors (Lipinski definition) is 0. The molecule has 0 aliphatic heterocycles. The van der Waals surface area contributed by atoms with Gasteiger partial charge in [0.2, 0.25) is 0 Å². The van der Waals surface area contributed by atoms with Crippen molar-refractivity contribution in [2.45, 2.75) is 12.7 Å². The Morgan fingerprint density at radius 2 is 1.50 bits per heavy atom. The summed E-state index contributed by atoms with van der Waals surface area (Å²) in [6.07, 6.45) is -4.40. The van der Waals surface area contributed by atoms with Gasteiger partial charge in [0.1, 0.15) is 5.82 Å². The first-order valence-electron chi connectivity index (χ1n) is 9.60. The van der Waals surface area contributed by atoms with Gasteiger partial charge in [-0.3, -0.25) is 0 Å². The van der Waals surface area contributed by atoms with Crippen molar-refractivity contribution < 1.29 is 13.2 Å². The number of halogens is 3. The lowest BCUT2D eigenvalue weighted by Gasteiger charge is -2.12. The van der Waals surface area contributed by atoms with Crippen molar-refractivity contribution in [3.05, 3.63) is 102 Å². The topological polar surface area (TPSA) is 17.8 Å². The smallest absolute Gasteiger partial charge is 0.319 e. The summed E-state index contributed by atoms with van der Waals surface area (Å²) < 4.78 is 41.8. The number of imidazole rings is 1.